The van der Waals surface area contributed by atoms with Crippen molar-refractivity contribution in [3.05, 3.63) is 35.7 Å². The topological polar surface area (TPSA) is 39.2 Å². The summed E-state index contributed by atoms with van der Waals surface area (Å²) in [6.45, 7) is 2.11. The van der Waals surface area contributed by atoms with Gasteiger partial charge >= 0.3 is 5.97 Å². The lowest BCUT2D eigenvalue weighted by molar-refractivity contribution is -0.137. The van der Waals surface area contributed by atoms with Crippen molar-refractivity contribution in [3.8, 4) is 12.3 Å². The van der Waals surface area contributed by atoms with Crippen molar-refractivity contribution >= 4 is 12.0 Å². The Kier molecular flexibility index (Phi) is 4.11. The smallest absolute Gasteiger partial charge is 0.330 e. The van der Waals surface area contributed by atoms with Crippen LogP contribution in [0.1, 0.15) is 18.2 Å². The molecule has 3 nitrogen and oxygen atoms in total. The molecular formula is C12H11NO2. The van der Waals surface area contributed by atoms with E-state index in [1.54, 1.807) is 31.3 Å². The Hall–Kier alpha value is -2.08. The molecule has 0 fully saturated rings. The summed E-state index contributed by atoms with van der Waals surface area (Å²) in [6, 6.07) is 3.55. The maximum Gasteiger partial charge on any atom is 0.330 e. The van der Waals surface area contributed by atoms with E-state index in [4.69, 9.17) is 11.2 Å². The normalized spacial score (nSPS) is 9.87. The zero-order valence-corrected chi connectivity index (χ0v) is 8.43. The molecule has 0 aliphatic carbocycles. The molecule has 76 valence electrons. The summed E-state index contributed by atoms with van der Waals surface area (Å²) in [6.07, 6.45) is 9.79. The van der Waals surface area contributed by atoms with E-state index in [0.29, 0.717) is 12.3 Å². The van der Waals surface area contributed by atoms with Gasteiger partial charge in [-0.2, -0.15) is 0 Å². The zero-order chi connectivity index (χ0) is 11.1. The third-order valence-electron chi connectivity index (χ3n) is 1.66. The second-order valence-corrected chi connectivity index (χ2v) is 2.67. The molecule has 0 atom stereocenters. The van der Waals surface area contributed by atoms with Crippen molar-refractivity contribution in [3.63, 3.8) is 0 Å². The highest BCUT2D eigenvalue weighted by atomic mass is 16.5. The maximum absolute atomic E-state index is 11.0. The van der Waals surface area contributed by atoms with Crippen molar-refractivity contribution in [1.82, 2.24) is 4.98 Å². The van der Waals surface area contributed by atoms with Gasteiger partial charge in [-0.15, -0.1) is 6.42 Å². The molecule has 0 N–H and O–H groups in total. The van der Waals surface area contributed by atoms with Gasteiger partial charge < -0.3 is 4.74 Å². The van der Waals surface area contributed by atoms with Gasteiger partial charge in [0.25, 0.3) is 0 Å². The predicted molar refractivity (Wildman–Crippen MR) is 57.8 cm³/mol. The van der Waals surface area contributed by atoms with Gasteiger partial charge in [-0.3, -0.25) is 0 Å². The first kappa shape index (κ1) is 11.0. The molecule has 0 spiro atoms. The number of hydrogen-bond acceptors (Lipinski definition) is 3. The Morgan fingerprint density at radius 2 is 2.53 bits per heavy atom. The van der Waals surface area contributed by atoms with Gasteiger partial charge in [0.2, 0.25) is 0 Å². The van der Waals surface area contributed by atoms with E-state index < -0.39 is 0 Å². The largest absolute Gasteiger partial charge is 0.463 e. The first-order valence-corrected chi connectivity index (χ1v) is 4.54. The number of nitrogens with zero attached hydrogens (tertiary/aromatic N) is 1. The first-order chi connectivity index (χ1) is 7.27. The molecule has 1 aromatic rings. The molecule has 15 heavy (non-hydrogen) atoms. The van der Waals surface area contributed by atoms with Gasteiger partial charge in [-0.25, -0.2) is 9.78 Å². The van der Waals surface area contributed by atoms with Crippen molar-refractivity contribution in [2.24, 2.45) is 0 Å². The molecule has 0 aliphatic heterocycles. The van der Waals surface area contributed by atoms with E-state index in [-0.39, 0.29) is 5.97 Å². The molecule has 0 bridgehead atoms. The highest BCUT2D eigenvalue weighted by molar-refractivity contribution is 5.87. The molecule has 0 unspecified atom stereocenters. The molecule has 0 saturated carbocycles. The average molecular weight is 201 g/mol. The van der Waals surface area contributed by atoms with Crippen LogP contribution in [0.3, 0.4) is 0 Å². The summed E-state index contributed by atoms with van der Waals surface area (Å²) in [5, 5.41) is 0. The van der Waals surface area contributed by atoms with Crippen molar-refractivity contribution in [1.29, 1.82) is 0 Å². The standard InChI is InChI=1S/C12H11NO2/c1-3-11-10(6-5-9-13-11)7-8-12(14)15-4-2/h1,5-9H,4H2,2H3/b8-7+. The van der Waals surface area contributed by atoms with Gasteiger partial charge in [0.05, 0.1) is 6.61 Å². The lowest BCUT2D eigenvalue weighted by Gasteiger charge is -1.97. The summed E-state index contributed by atoms with van der Waals surface area (Å²) in [5.74, 6) is 2.05. The Bertz CT molecular complexity index is 416. The lowest BCUT2D eigenvalue weighted by atomic mass is 10.2. The number of ether oxygens (including phenoxy) is 1. The van der Waals surface area contributed by atoms with E-state index in [1.807, 2.05) is 0 Å². The van der Waals surface area contributed by atoms with E-state index >= 15 is 0 Å². The summed E-state index contributed by atoms with van der Waals surface area (Å²) < 4.78 is 4.74. The van der Waals surface area contributed by atoms with Crippen LogP contribution in [-0.4, -0.2) is 17.6 Å². The minimum Gasteiger partial charge on any atom is -0.463 e. The molecule has 0 amide bonds. The Labute approximate surface area is 88.8 Å². The fourth-order valence-electron chi connectivity index (χ4n) is 1.02. The van der Waals surface area contributed by atoms with Crippen LogP contribution in [0.4, 0.5) is 0 Å². The van der Waals surface area contributed by atoms with E-state index in [9.17, 15) is 4.79 Å². The summed E-state index contributed by atoms with van der Waals surface area (Å²) in [5.41, 5.74) is 1.24. The Morgan fingerprint density at radius 3 is 3.20 bits per heavy atom. The third-order valence-corrected chi connectivity index (χ3v) is 1.66. The van der Waals surface area contributed by atoms with Gasteiger partial charge in [0.15, 0.2) is 0 Å². The molecule has 0 aromatic carbocycles. The Morgan fingerprint density at radius 1 is 1.73 bits per heavy atom. The van der Waals surface area contributed by atoms with Crippen LogP contribution >= 0.6 is 0 Å². The van der Waals surface area contributed by atoms with Gasteiger partial charge in [0, 0.05) is 17.8 Å². The van der Waals surface area contributed by atoms with Crippen LogP contribution < -0.4 is 0 Å². The van der Waals surface area contributed by atoms with Gasteiger partial charge in [-0.1, -0.05) is 6.07 Å². The molecule has 1 heterocycles. The Balaban J connectivity index is 2.81. The second-order valence-electron chi connectivity index (χ2n) is 2.67. The quantitative estimate of drug-likeness (QED) is 0.424. The van der Waals surface area contributed by atoms with E-state index in [0.717, 1.165) is 5.56 Å². The fourth-order valence-corrected chi connectivity index (χ4v) is 1.02. The van der Waals surface area contributed by atoms with Crippen LogP contribution in [0.2, 0.25) is 0 Å². The van der Waals surface area contributed by atoms with Crippen LogP contribution in [0.5, 0.6) is 0 Å². The van der Waals surface area contributed by atoms with E-state index in [2.05, 4.69) is 10.9 Å². The summed E-state index contributed by atoms with van der Waals surface area (Å²) >= 11 is 0. The molecular weight excluding hydrogens is 190 g/mol. The third kappa shape index (κ3) is 3.28. The van der Waals surface area contributed by atoms with Gasteiger partial charge in [-0.05, 0) is 25.0 Å². The van der Waals surface area contributed by atoms with Crippen LogP contribution in [0.15, 0.2) is 24.4 Å². The van der Waals surface area contributed by atoms with Crippen LogP contribution in [0, 0.1) is 12.3 Å². The van der Waals surface area contributed by atoms with Crippen LogP contribution in [-0.2, 0) is 9.53 Å². The SMILES string of the molecule is C#Cc1ncccc1/C=C/C(=O)OCC. The number of aromatic nitrogens is 1. The summed E-state index contributed by atoms with van der Waals surface area (Å²) in [7, 11) is 0. The minimum absolute atomic E-state index is 0.359. The highest BCUT2D eigenvalue weighted by Gasteiger charge is 1.98. The number of pyridine rings is 1. The maximum atomic E-state index is 11.0. The number of terminal acetylenes is 1. The van der Waals surface area contributed by atoms with Crippen molar-refractivity contribution in [2.75, 3.05) is 6.61 Å². The van der Waals surface area contributed by atoms with Gasteiger partial charge in [0.1, 0.15) is 5.69 Å². The molecule has 0 saturated heterocycles. The molecule has 1 rings (SSSR count). The number of rotatable bonds is 3. The molecule has 3 heteroatoms. The highest BCUT2D eigenvalue weighted by Crippen LogP contribution is 2.06. The number of esters is 1. The fraction of sp³-hybridized carbons (Fsp3) is 0.167. The number of hydrogen-bond donors (Lipinski definition) is 0. The second kappa shape index (κ2) is 5.61. The minimum atomic E-state index is -0.385. The zero-order valence-electron chi connectivity index (χ0n) is 8.43. The molecule has 1 aromatic heterocycles. The van der Waals surface area contributed by atoms with Crippen molar-refractivity contribution in [2.45, 2.75) is 6.92 Å². The lowest BCUT2D eigenvalue weighted by Crippen LogP contribution is -1.98. The van der Waals surface area contributed by atoms with Crippen LogP contribution in [0.25, 0.3) is 6.08 Å². The number of carbonyl (C=O) groups is 1. The average Bonchev–Trinajstić information content (AvgIpc) is 2.27. The molecule has 0 radical (unpaired) electrons. The van der Waals surface area contributed by atoms with Crippen molar-refractivity contribution < 1.29 is 9.53 Å². The predicted octanol–water partition coefficient (Wildman–Crippen LogP) is 1.64. The number of carbonyl (C=O) groups excluding carboxylic acids is 1. The molecule has 0 aliphatic rings. The monoisotopic (exact) mass is 201 g/mol. The first-order valence-electron chi connectivity index (χ1n) is 4.54. The van der Waals surface area contributed by atoms with E-state index in [1.165, 1.54) is 6.08 Å². The summed E-state index contributed by atoms with van der Waals surface area (Å²) in [4.78, 5) is 15.0.